The van der Waals surface area contributed by atoms with Crippen molar-refractivity contribution in [3.8, 4) is 11.1 Å². The van der Waals surface area contributed by atoms with Crippen LogP contribution in [-0.4, -0.2) is 38.8 Å². The number of benzene rings is 2. The highest BCUT2D eigenvalue weighted by molar-refractivity contribution is 7.89. The summed E-state index contributed by atoms with van der Waals surface area (Å²) in [4.78, 5) is 12.1. The van der Waals surface area contributed by atoms with Crippen LogP contribution < -0.4 is 5.32 Å². The van der Waals surface area contributed by atoms with Crippen molar-refractivity contribution < 1.29 is 13.2 Å². The molecule has 1 amide bonds. The van der Waals surface area contributed by atoms with Gasteiger partial charge in [0.1, 0.15) is 0 Å². The van der Waals surface area contributed by atoms with E-state index in [4.69, 9.17) is 0 Å². The van der Waals surface area contributed by atoms with Crippen molar-refractivity contribution in [2.45, 2.75) is 17.7 Å². The van der Waals surface area contributed by atoms with Crippen LogP contribution >= 0.6 is 0 Å². The average molecular weight is 358 g/mol. The van der Waals surface area contributed by atoms with Crippen LogP contribution in [0.25, 0.3) is 11.1 Å². The summed E-state index contributed by atoms with van der Waals surface area (Å²) in [6.07, 6.45) is 1.10. The molecule has 0 atom stereocenters. The standard InChI is InChI=1S/C19H22N2O3S/c1-20-19(22)16-11-13-21(14-12-16)25(23,24)18-10-6-5-9-17(18)15-7-3-2-4-8-15/h2-10,16H,11-14H2,1H3,(H,20,22). The van der Waals surface area contributed by atoms with E-state index in [9.17, 15) is 13.2 Å². The SMILES string of the molecule is CNC(=O)C1CCN(S(=O)(=O)c2ccccc2-c2ccccc2)CC1. The smallest absolute Gasteiger partial charge is 0.243 e. The minimum atomic E-state index is -3.60. The molecule has 0 aromatic heterocycles. The number of carbonyl (C=O) groups excluding carboxylic acids is 1. The van der Waals surface area contributed by atoms with E-state index >= 15 is 0 Å². The molecule has 0 radical (unpaired) electrons. The van der Waals surface area contributed by atoms with Crippen LogP contribution in [0.4, 0.5) is 0 Å². The molecule has 3 rings (SSSR count). The first-order valence-corrected chi connectivity index (χ1v) is 9.84. The summed E-state index contributed by atoms with van der Waals surface area (Å²) in [7, 11) is -1.98. The van der Waals surface area contributed by atoms with Gasteiger partial charge in [0.15, 0.2) is 0 Å². The van der Waals surface area contributed by atoms with Crippen molar-refractivity contribution in [1.29, 1.82) is 0 Å². The molecule has 1 aliphatic rings. The number of nitrogens with zero attached hydrogens (tertiary/aromatic N) is 1. The van der Waals surface area contributed by atoms with E-state index in [1.54, 1.807) is 19.2 Å². The van der Waals surface area contributed by atoms with Crippen molar-refractivity contribution in [2.24, 2.45) is 5.92 Å². The Morgan fingerprint density at radius 1 is 1.00 bits per heavy atom. The highest BCUT2D eigenvalue weighted by Crippen LogP contribution is 2.31. The number of piperidine rings is 1. The molecule has 1 saturated heterocycles. The number of amides is 1. The van der Waals surface area contributed by atoms with Gasteiger partial charge in [-0.1, -0.05) is 48.5 Å². The van der Waals surface area contributed by atoms with Gasteiger partial charge in [0, 0.05) is 31.6 Å². The first kappa shape index (κ1) is 17.6. The Bertz CT molecular complexity index is 842. The molecule has 132 valence electrons. The van der Waals surface area contributed by atoms with Crippen LogP contribution in [0.5, 0.6) is 0 Å². The summed E-state index contributed by atoms with van der Waals surface area (Å²) in [6.45, 7) is 0.729. The van der Waals surface area contributed by atoms with Gasteiger partial charge in [-0.05, 0) is 24.5 Å². The molecule has 5 nitrogen and oxygen atoms in total. The van der Waals surface area contributed by atoms with Crippen LogP contribution in [0.3, 0.4) is 0 Å². The van der Waals surface area contributed by atoms with Gasteiger partial charge in [0.2, 0.25) is 15.9 Å². The number of hydrogen-bond acceptors (Lipinski definition) is 3. The lowest BCUT2D eigenvalue weighted by Crippen LogP contribution is -2.42. The molecular formula is C19H22N2O3S. The van der Waals surface area contributed by atoms with E-state index < -0.39 is 10.0 Å². The summed E-state index contributed by atoms with van der Waals surface area (Å²) in [6, 6.07) is 16.6. The van der Waals surface area contributed by atoms with Gasteiger partial charge in [-0.25, -0.2) is 8.42 Å². The molecule has 0 spiro atoms. The lowest BCUT2D eigenvalue weighted by atomic mass is 9.97. The minimum absolute atomic E-state index is 0.0123. The van der Waals surface area contributed by atoms with Crippen LogP contribution in [0.1, 0.15) is 12.8 Å². The second-order valence-electron chi connectivity index (χ2n) is 6.15. The van der Waals surface area contributed by atoms with Crippen LogP contribution in [0.15, 0.2) is 59.5 Å². The fourth-order valence-electron chi connectivity index (χ4n) is 3.25. The van der Waals surface area contributed by atoms with Crippen LogP contribution in [0.2, 0.25) is 0 Å². The zero-order chi connectivity index (χ0) is 17.9. The summed E-state index contributed by atoms with van der Waals surface area (Å²) < 4.78 is 27.8. The molecule has 1 N–H and O–H groups in total. The third kappa shape index (κ3) is 3.60. The van der Waals surface area contributed by atoms with Crippen molar-refractivity contribution in [3.63, 3.8) is 0 Å². The van der Waals surface area contributed by atoms with Crippen molar-refractivity contribution in [3.05, 3.63) is 54.6 Å². The number of nitrogens with one attached hydrogen (secondary N) is 1. The van der Waals surface area contributed by atoms with E-state index in [1.165, 1.54) is 4.31 Å². The normalized spacial score (nSPS) is 16.5. The molecule has 0 aliphatic carbocycles. The van der Waals surface area contributed by atoms with Crippen molar-refractivity contribution >= 4 is 15.9 Å². The number of sulfonamides is 1. The molecule has 0 bridgehead atoms. The largest absolute Gasteiger partial charge is 0.359 e. The summed E-state index contributed by atoms with van der Waals surface area (Å²) in [5, 5.41) is 2.64. The average Bonchev–Trinajstić information content (AvgIpc) is 2.68. The third-order valence-electron chi connectivity index (χ3n) is 4.66. The first-order valence-electron chi connectivity index (χ1n) is 8.40. The molecule has 1 fully saturated rings. The maximum Gasteiger partial charge on any atom is 0.243 e. The Morgan fingerprint density at radius 2 is 1.60 bits per heavy atom. The maximum atomic E-state index is 13.2. The Kier molecular flexibility index (Phi) is 5.20. The lowest BCUT2D eigenvalue weighted by Gasteiger charge is -2.30. The highest BCUT2D eigenvalue weighted by atomic mass is 32.2. The predicted molar refractivity (Wildman–Crippen MR) is 97.4 cm³/mol. The van der Waals surface area contributed by atoms with Gasteiger partial charge in [-0.2, -0.15) is 4.31 Å². The summed E-state index contributed by atoms with van der Waals surface area (Å²) in [5.74, 6) is -0.123. The first-order chi connectivity index (χ1) is 12.0. The van der Waals surface area contributed by atoms with E-state index in [2.05, 4.69) is 5.32 Å². The summed E-state index contributed by atoms with van der Waals surface area (Å²) >= 11 is 0. The quantitative estimate of drug-likeness (QED) is 0.913. The van der Waals surface area contributed by atoms with Gasteiger partial charge in [-0.3, -0.25) is 4.79 Å². The van der Waals surface area contributed by atoms with E-state index in [-0.39, 0.29) is 11.8 Å². The van der Waals surface area contributed by atoms with Gasteiger partial charge >= 0.3 is 0 Å². The molecule has 2 aromatic rings. The Hall–Kier alpha value is -2.18. The minimum Gasteiger partial charge on any atom is -0.359 e. The van der Waals surface area contributed by atoms with Crippen molar-refractivity contribution in [1.82, 2.24) is 9.62 Å². The number of rotatable bonds is 4. The van der Waals surface area contributed by atoms with Crippen molar-refractivity contribution in [2.75, 3.05) is 20.1 Å². The third-order valence-corrected chi connectivity index (χ3v) is 6.62. The Balaban J connectivity index is 1.88. The monoisotopic (exact) mass is 358 g/mol. The zero-order valence-electron chi connectivity index (χ0n) is 14.2. The second-order valence-corrected chi connectivity index (χ2v) is 8.06. The molecule has 0 saturated carbocycles. The fourth-order valence-corrected chi connectivity index (χ4v) is 4.93. The fraction of sp³-hybridized carbons (Fsp3) is 0.316. The van der Waals surface area contributed by atoms with E-state index in [0.717, 1.165) is 5.56 Å². The maximum absolute atomic E-state index is 13.2. The van der Waals surface area contributed by atoms with Gasteiger partial charge < -0.3 is 5.32 Å². The Morgan fingerprint density at radius 3 is 2.24 bits per heavy atom. The Labute approximate surface area is 148 Å². The van der Waals surface area contributed by atoms with Gasteiger partial charge in [-0.15, -0.1) is 0 Å². The highest BCUT2D eigenvalue weighted by Gasteiger charge is 2.32. The van der Waals surface area contributed by atoms with Gasteiger partial charge in [0.05, 0.1) is 4.90 Å². The molecule has 1 aliphatic heterocycles. The number of carbonyl (C=O) groups is 1. The summed E-state index contributed by atoms with van der Waals surface area (Å²) in [5.41, 5.74) is 1.58. The van der Waals surface area contributed by atoms with Crippen LogP contribution in [-0.2, 0) is 14.8 Å². The van der Waals surface area contributed by atoms with Crippen LogP contribution in [0, 0.1) is 5.92 Å². The van der Waals surface area contributed by atoms with Gasteiger partial charge in [0.25, 0.3) is 0 Å². The van der Waals surface area contributed by atoms with E-state index in [0.29, 0.717) is 36.4 Å². The molecule has 0 unspecified atom stereocenters. The molecular weight excluding hydrogens is 336 g/mol. The molecule has 2 aromatic carbocycles. The zero-order valence-corrected chi connectivity index (χ0v) is 15.0. The molecule has 25 heavy (non-hydrogen) atoms. The topological polar surface area (TPSA) is 66.5 Å². The second kappa shape index (κ2) is 7.37. The molecule has 6 heteroatoms. The van der Waals surface area contributed by atoms with E-state index in [1.807, 2.05) is 42.5 Å². The lowest BCUT2D eigenvalue weighted by molar-refractivity contribution is -0.125. The molecule has 1 heterocycles. The number of hydrogen-bond donors (Lipinski definition) is 1. The predicted octanol–water partition coefficient (Wildman–Crippen LogP) is 2.50.